The van der Waals surface area contributed by atoms with E-state index in [1.54, 1.807) is 6.92 Å². The average Bonchev–Trinajstić information content (AvgIpc) is 2.47. The average molecular weight is 281 g/mol. The summed E-state index contributed by atoms with van der Waals surface area (Å²) in [5, 5.41) is 1.37. The van der Waals surface area contributed by atoms with Crippen LogP contribution in [0.25, 0.3) is 11.1 Å². The minimum absolute atomic E-state index is 0.00347. The fourth-order valence-electron chi connectivity index (χ4n) is 1.53. The van der Waals surface area contributed by atoms with Gasteiger partial charge in [-0.25, -0.2) is 5.32 Å². The molecule has 0 saturated heterocycles. The molecule has 20 heavy (non-hydrogen) atoms. The molecule has 4 heteroatoms. The van der Waals surface area contributed by atoms with E-state index < -0.39 is 6.30 Å². The van der Waals surface area contributed by atoms with Crippen LogP contribution >= 0.6 is 0 Å². The molecule has 0 radical (unpaired) electrons. The molecular formula is C16H18F3N. The minimum Gasteiger partial charge on any atom is -0.228 e. The van der Waals surface area contributed by atoms with E-state index in [4.69, 9.17) is 0 Å². The van der Waals surface area contributed by atoms with E-state index >= 15 is 0 Å². The third kappa shape index (κ3) is 6.95. The molecule has 1 N–H and O–H groups in total. The van der Waals surface area contributed by atoms with Crippen LogP contribution in [0.5, 0.6) is 0 Å². The first-order valence-corrected chi connectivity index (χ1v) is 6.45. The van der Waals surface area contributed by atoms with E-state index in [1.807, 2.05) is 12.1 Å². The van der Waals surface area contributed by atoms with Gasteiger partial charge in [-0.3, -0.25) is 0 Å². The quantitative estimate of drug-likeness (QED) is 0.792. The summed E-state index contributed by atoms with van der Waals surface area (Å²) < 4.78 is 33.4. The van der Waals surface area contributed by atoms with Crippen LogP contribution in [0, 0.1) is 0 Å². The van der Waals surface area contributed by atoms with Crippen LogP contribution in [0.1, 0.15) is 13.3 Å². The maximum atomic E-state index is 11.1. The standard InChI is InChI=1S/C12H10.C4H8F3N/c1-3-7-11(8-4-1)12-9-5-2-6-10-12;1-2-3-8-4(5,6)7/h1-10H;8H,2-3H2,1H3. The van der Waals surface area contributed by atoms with Crippen molar-refractivity contribution in [3.8, 4) is 11.1 Å². The summed E-state index contributed by atoms with van der Waals surface area (Å²) in [7, 11) is 0. The van der Waals surface area contributed by atoms with Gasteiger partial charge in [0.25, 0.3) is 0 Å². The second-order valence-corrected chi connectivity index (χ2v) is 4.16. The van der Waals surface area contributed by atoms with E-state index in [0.29, 0.717) is 6.42 Å². The third-order valence-corrected chi connectivity index (χ3v) is 2.46. The van der Waals surface area contributed by atoms with Crippen molar-refractivity contribution in [2.24, 2.45) is 0 Å². The molecule has 0 aliphatic rings. The Morgan fingerprint density at radius 1 is 0.800 bits per heavy atom. The zero-order chi connectivity index (χ0) is 14.8. The number of alkyl halides is 3. The molecule has 0 aliphatic carbocycles. The predicted octanol–water partition coefficient (Wildman–Crippen LogP) is 4.86. The SMILES string of the molecule is CCCNC(F)(F)F.c1ccc(-c2ccccc2)cc1. The molecule has 2 aromatic carbocycles. The first kappa shape index (κ1) is 16.2. The maximum absolute atomic E-state index is 11.1. The molecule has 2 aromatic rings. The highest BCUT2D eigenvalue weighted by molar-refractivity contribution is 5.62. The number of hydrogen-bond acceptors (Lipinski definition) is 1. The molecule has 0 aromatic heterocycles. The van der Waals surface area contributed by atoms with Crippen molar-refractivity contribution in [3.63, 3.8) is 0 Å². The Morgan fingerprint density at radius 2 is 1.20 bits per heavy atom. The Labute approximate surface area is 117 Å². The summed E-state index contributed by atoms with van der Waals surface area (Å²) in [4.78, 5) is 0. The van der Waals surface area contributed by atoms with Crippen LogP contribution in [0.2, 0.25) is 0 Å². The molecule has 0 unspecified atom stereocenters. The van der Waals surface area contributed by atoms with Gasteiger partial charge in [-0.2, -0.15) is 13.2 Å². The fraction of sp³-hybridized carbons (Fsp3) is 0.250. The smallest absolute Gasteiger partial charge is 0.228 e. The molecule has 1 nitrogen and oxygen atoms in total. The Kier molecular flexibility index (Phi) is 6.81. The zero-order valence-electron chi connectivity index (χ0n) is 11.3. The van der Waals surface area contributed by atoms with E-state index in [-0.39, 0.29) is 6.54 Å². The maximum Gasteiger partial charge on any atom is 0.457 e. The van der Waals surface area contributed by atoms with Crippen molar-refractivity contribution in [3.05, 3.63) is 60.7 Å². The first-order valence-electron chi connectivity index (χ1n) is 6.45. The van der Waals surface area contributed by atoms with Crippen molar-refractivity contribution in [2.75, 3.05) is 6.54 Å². The highest BCUT2D eigenvalue weighted by atomic mass is 19.4. The summed E-state index contributed by atoms with van der Waals surface area (Å²) in [5.74, 6) is 0. The van der Waals surface area contributed by atoms with Gasteiger partial charge in [-0.1, -0.05) is 67.6 Å². The Morgan fingerprint density at radius 3 is 1.45 bits per heavy atom. The number of nitrogens with one attached hydrogen (secondary N) is 1. The lowest BCUT2D eigenvalue weighted by molar-refractivity contribution is -0.156. The molecule has 0 aliphatic heterocycles. The van der Waals surface area contributed by atoms with Crippen molar-refractivity contribution in [1.82, 2.24) is 5.32 Å². The van der Waals surface area contributed by atoms with Gasteiger partial charge in [0.15, 0.2) is 0 Å². The summed E-state index contributed by atoms with van der Waals surface area (Å²) in [6.07, 6.45) is -3.70. The summed E-state index contributed by atoms with van der Waals surface area (Å²) in [5.41, 5.74) is 2.55. The molecule has 0 spiro atoms. The number of halogens is 3. The Bertz CT molecular complexity index is 429. The molecule has 0 saturated carbocycles. The lowest BCUT2D eigenvalue weighted by Crippen LogP contribution is -2.31. The lowest BCUT2D eigenvalue weighted by Gasteiger charge is -2.04. The highest BCUT2D eigenvalue weighted by Gasteiger charge is 2.24. The topological polar surface area (TPSA) is 12.0 Å². The summed E-state index contributed by atoms with van der Waals surface area (Å²) in [6, 6.07) is 20.8. The van der Waals surface area contributed by atoms with Crippen molar-refractivity contribution >= 4 is 0 Å². The zero-order valence-corrected chi connectivity index (χ0v) is 11.3. The van der Waals surface area contributed by atoms with Crippen LogP contribution < -0.4 is 5.32 Å². The van der Waals surface area contributed by atoms with Crippen LogP contribution in [0.4, 0.5) is 13.2 Å². The predicted molar refractivity (Wildman–Crippen MR) is 76.2 cm³/mol. The normalized spacial score (nSPS) is 10.6. The Hall–Kier alpha value is -1.81. The van der Waals surface area contributed by atoms with Crippen molar-refractivity contribution in [2.45, 2.75) is 19.6 Å². The summed E-state index contributed by atoms with van der Waals surface area (Å²) >= 11 is 0. The van der Waals surface area contributed by atoms with Crippen LogP contribution in [0.15, 0.2) is 60.7 Å². The van der Waals surface area contributed by atoms with E-state index in [1.165, 1.54) is 16.4 Å². The molecule has 0 atom stereocenters. The highest BCUT2D eigenvalue weighted by Crippen LogP contribution is 2.17. The van der Waals surface area contributed by atoms with Gasteiger partial charge in [0.05, 0.1) is 0 Å². The minimum atomic E-state index is -4.20. The Balaban J connectivity index is 0.000000221. The van der Waals surface area contributed by atoms with E-state index in [0.717, 1.165) is 0 Å². The fourth-order valence-corrected chi connectivity index (χ4v) is 1.53. The van der Waals surface area contributed by atoms with Crippen molar-refractivity contribution < 1.29 is 13.2 Å². The first-order chi connectivity index (χ1) is 9.53. The number of rotatable bonds is 3. The van der Waals surface area contributed by atoms with E-state index in [2.05, 4.69) is 48.5 Å². The molecule has 0 fully saturated rings. The van der Waals surface area contributed by atoms with Crippen LogP contribution in [-0.4, -0.2) is 12.8 Å². The molecule has 0 amide bonds. The molecule has 0 bridgehead atoms. The summed E-state index contributed by atoms with van der Waals surface area (Å²) in [6.45, 7) is 1.68. The van der Waals surface area contributed by atoms with Gasteiger partial charge in [-0.05, 0) is 17.5 Å². The number of hydrogen-bond donors (Lipinski definition) is 1. The van der Waals surface area contributed by atoms with Gasteiger partial charge in [-0.15, -0.1) is 0 Å². The second-order valence-electron chi connectivity index (χ2n) is 4.16. The largest absolute Gasteiger partial charge is 0.457 e. The lowest BCUT2D eigenvalue weighted by atomic mass is 10.1. The van der Waals surface area contributed by atoms with Gasteiger partial charge >= 0.3 is 6.30 Å². The molecule has 2 rings (SSSR count). The van der Waals surface area contributed by atoms with Gasteiger partial charge in [0.2, 0.25) is 0 Å². The van der Waals surface area contributed by atoms with Gasteiger partial charge < -0.3 is 0 Å². The second kappa shape index (κ2) is 8.38. The van der Waals surface area contributed by atoms with Gasteiger partial charge in [0.1, 0.15) is 0 Å². The van der Waals surface area contributed by atoms with Crippen molar-refractivity contribution in [1.29, 1.82) is 0 Å². The molecular weight excluding hydrogens is 263 g/mol. The van der Waals surface area contributed by atoms with Crippen LogP contribution in [0.3, 0.4) is 0 Å². The number of benzene rings is 2. The third-order valence-electron chi connectivity index (χ3n) is 2.46. The van der Waals surface area contributed by atoms with Gasteiger partial charge in [0, 0.05) is 6.54 Å². The molecule has 108 valence electrons. The molecule has 0 heterocycles. The van der Waals surface area contributed by atoms with Crippen LogP contribution in [-0.2, 0) is 0 Å². The van der Waals surface area contributed by atoms with E-state index in [9.17, 15) is 13.2 Å². The monoisotopic (exact) mass is 281 g/mol.